The summed E-state index contributed by atoms with van der Waals surface area (Å²) >= 11 is 5.32. The van der Waals surface area contributed by atoms with E-state index in [9.17, 15) is 34.4 Å². The molecule has 0 spiro atoms. The fourth-order valence-electron chi connectivity index (χ4n) is 1.45. The maximum Gasteiger partial charge on any atom is 0.416 e. The Morgan fingerprint density at radius 3 is 1.73 bits per heavy atom. The van der Waals surface area contributed by atoms with Crippen molar-refractivity contribution in [2.24, 2.45) is 0 Å². The van der Waals surface area contributed by atoms with Crippen LogP contribution in [-0.4, -0.2) is 16.8 Å². The Bertz CT molecular complexity index is 1010. The average molecular weight is 474 g/mol. The Kier molecular flexibility index (Phi) is 7.33. The van der Waals surface area contributed by atoms with Crippen LogP contribution in [0.2, 0.25) is 5.02 Å². The quantitative estimate of drug-likeness (QED) is 0.453. The smallest absolute Gasteiger partial charge is 0.207 e. The van der Waals surface area contributed by atoms with Crippen molar-refractivity contribution < 1.29 is 34.4 Å². The molecule has 0 fully saturated rings. The van der Waals surface area contributed by atoms with Gasteiger partial charge in [-0.3, -0.25) is 0 Å². The summed E-state index contributed by atoms with van der Waals surface area (Å²) in [6.45, 7) is 0. The monoisotopic (exact) mass is 472 g/mol. The van der Waals surface area contributed by atoms with Crippen LogP contribution < -0.4 is 0 Å². The van der Waals surface area contributed by atoms with Crippen molar-refractivity contribution in [2.75, 3.05) is 0 Å². The van der Waals surface area contributed by atoms with E-state index in [2.05, 4.69) is 0 Å². The van der Waals surface area contributed by atoms with E-state index in [1.165, 1.54) is 0 Å². The first-order valence-corrected chi connectivity index (χ1v) is 11.1. The largest absolute Gasteiger partial charge is 0.416 e. The second kappa shape index (κ2) is 8.30. The molecule has 0 saturated heterocycles. The molecule has 26 heavy (non-hydrogen) atoms. The highest BCUT2D eigenvalue weighted by Gasteiger charge is 2.31. The predicted molar refractivity (Wildman–Crippen MR) is 88.9 cm³/mol. The molecule has 13 heteroatoms. The van der Waals surface area contributed by atoms with Crippen molar-refractivity contribution in [1.82, 2.24) is 0 Å². The number of hydrogen-bond donors (Lipinski definition) is 0. The normalized spacial score (nSPS) is 12.3. The van der Waals surface area contributed by atoms with Gasteiger partial charge in [0, 0.05) is 21.4 Å². The highest BCUT2D eigenvalue weighted by molar-refractivity contribution is 8.14. The molecule has 0 radical (unpaired) electrons. The molecule has 4 nitrogen and oxygen atoms in total. The Morgan fingerprint density at radius 2 is 1.31 bits per heavy atom. The molecule has 0 heterocycles. The first kappa shape index (κ1) is 23.0. The van der Waals surface area contributed by atoms with Gasteiger partial charge in [0.05, 0.1) is 20.4 Å². The molecule has 0 atom stereocenters. The summed E-state index contributed by atoms with van der Waals surface area (Å²) in [6.07, 6.45) is -4.57. The van der Waals surface area contributed by atoms with Crippen LogP contribution in [-0.2, 0) is 24.3 Å². The van der Waals surface area contributed by atoms with E-state index < -0.39 is 40.6 Å². The summed E-state index contributed by atoms with van der Waals surface area (Å²) in [5.41, 5.74) is -1.04. The lowest BCUT2D eigenvalue weighted by atomic mass is 10.2. The van der Waals surface area contributed by atoms with Gasteiger partial charge < -0.3 is 0 Å². The standard InChI is InChI=1S/C7H4ClF3O2S.C6H3Cl2FO2S/c8-14(12,13)6-3-1-2-5(4-6)7(9,10)11;7-5-3-4(12(8,10)11)1-2-6(5)9/h1-4H;1-3H. The summed E-state index contributed by atoms with van der Waals surface area (Å²) in [5, 5.41) is -0.267. The van der Waals surface area contributed by atoms with E-state index in [1.807, 2.05) is 0 Å². The van der Waals surface area contributed by atoms with Crippen LogP contribution in [0.25, 0.3) is 0 Å². The zero-order chi connectivity index (χ0) is 20.3. The molecule has 0 aliphatic rings. The zero-order valence-corrected chi connectivity index (χ0v) is 16.0. The molecule has 0 N–H and O–H groups in total. The minimum absolute atomic E-state index is 0.212. The van der Waals surface area contributed by atoms with Crippen LogP contribution in [0.4, 0.5) is 17.6 Å². The number of hydrogen-bond acceptors (Lipinski definition) is 4. The first-order chi connectivity index (χ1) is 11.6. The lowest BCUT2D eigenvalue weighted by Crippen LogP contribution is -2.05. The fourth-order valence-corrected chi connectivity index (χ4v) is 3.27. The van der Waals surface area contributed by atoms with E-state index in [4.69, 9.17) is 33.0 Å². The van der Waals surface area contributed by atoms with Crippen molar-refractivity contribution in [3.05, 3.63) is 58.9 Å². The minimum Gasteiger partial charge on any atom is -0.207 e. The van der Waals surface area contributed by atoms with Crippen LogP contribution in [0, 0.1) is 5.82 Å². The Balaban J connectivity index is 0.000000263. The number of alkyl halides is 3. The summed E-state index contributed by atoms with van der Waals surface area (Å²) in [7, 11) is 1.93. The summed E-state index contributed by atoms with van der Waals surface area (Å²) in [5.74, 6) is -0.680. The van der Waals surface area contributed by atoms with Gasteiger partial charge in [0.15, 0.2) is 0 Å². The lowest BCUT2D eigenvalue weighted by molar-refractivity contribution is -0.137. The van der Waals surface area contributed by atoms with Crippen LogP contribution in [0.1, 0.15) is 5.56 Å². The van der Waals surface area contributed by atoms with E-state index in [1.54, 1.807) is 0 Å². The highest BCUT2D eigenvalue weighted by Crippen LogP contribution is 2.31. The van der Waals surface area contributed by atoms with Gasteiger partial charge in [-0.2, -0.15) is 13.2 Å². The van der Waals surface area contributed by atoms with Crippen molar-refractivity contribution >= 4 is 51.1 Å². The summed E-state index contributed by atoms with van der Waals surface area (Å²) < 4.78 is 91.7. The number of rotatable bonds is 2. The molecule has 0 aliphatic heterocycles. The molecule has 0 saturated carbocycles. The van der Waals surface area contributed by atoms with Crippen LogP contribution in [0.5, 0.6) is 0 Å². The summed E-state index contributed by atoms with van der Waals surface area (Å²) in [4.78, 5) is -0.774. The van der Waals surface area contributed by atoms with Gasteiger partial charge in [-0.1, -0.05) is 17.7 Å². The lowest BCUT2D eigenvalue weighted by Gasteiger charge is -2.06. The molecular formula is C13H7Cl3F4O4S2. The molecule has 0 unspecified atom stereocenters. The molecule has 144 valence electrons. The van der Waals surface area contributed by atoms with Crippen LogP contribution >= 0.6 is 33.0 Å². The molecule has 2 aromatic rings. The van der Waals surface area contributed by atoms with Gasteiger partial charge in [-0.05, 0) is 36.4 Å². The molecule has 0 bridgehead atoms. The van der Waals surface area contributed by atoms with Crippen LogP contribution in [0.3, 0.4) is 0 Å². The van der Waals surface area contributed by atoms with E-state index in [-0.39, 0.29) is 9.92 Å². The fraction of sp³-hybridized carbons (Fsp3) is 0.0769. The third-order valence-corrected chi connectivity index (χ3v) is 5.61. The van der Waals surface area contributed by atoms with E-state index >= 15 is 0 Å². The number of halogens is 7. The molecular weight excluding hydrogens is 467 g/mol. The maximum absolute atomic E-state index is 12.5. The third kappa shape index (κ3) is 6.92. The minimum atomic E-state index is -4.57. The van der Waals surface area contributed by atoms with Crippen molar-refractivity contribution in [3.63, 3.8) is 0 Å². The second-order valence-corrected chi connectivity index (χ2v) is 10.0. The molecule has 2 rings (SSSR count). The first-order valence-electron chi connectivity index (χ1n) is 6.14. The third-order valence-electron chi connectivity index (χ3n) is 2.62. The van der Waals surface area contributed by atoms with Gasteiger partial charge in [0.25, 0.3) is 18.1 Å². The Hall–Kier alpha value is -1.07. The molecule has 0 aliphatic carbocycles. The van der Waals surface area contributed by atoms with E-state index in [0.717, 1.165) is 36.4 Å². The van der Waals surface area contributed by atoms with Crippen molar-refractivity contribution in [3.8, 4) is 0 Å². The maximum atomic E-state index is 12.5. The molecule has 0 amide bonds. The van der Waals surface area contributed by atoms with Crippen molar-refractivity contribution in [1.29, 1.82) is 0 Å². The van der Waals surface area contributed by atoms with Crippen molar-refractivity contribution in [2.45, 2.75) is 16.0 Å². The second-order valence-electron chi connectivity index (χ2n) is 4.48. The topological polar surface area (TPSA) is 68.3 Å². The molecule has 0 aromatic heterocycles. The van der Waals surface area contributed by atoms with Crippen LogP contribution in [0.15, 0.2) is 52.3 Å². The summed E-state index contributed by atoms with van der Waals surface area (Å²) in [6, 6.07) is 6.18. The predicted octanol–water partition coefficient (Wildman–Crippen LogP) is 5.04. The van der Waals surface area contributed by atoms with E-state index in [0.29, 0.717) is 6.07 Å². The average Bonchev–Trinajstić information content (AvgIpc) is 2.48. The molecule has 2 aromatic carbocycles. The SMILES string of the molecule is O=S(=O)(Cl)c1ccc(F)c(Cl)c1.O=S(=O)(Cl)c1cccc(C(F)(F)F)c1. The Labute approximate surface area is 160 Å². The van der Waals surface area contributed by atoms with Gasteiger partial charge in [0.1, 0.15) is 5.82 Å². The zero-order valence-electron chi connectivity index (χ0n) is 12.1. The highest BCUT2D eigenvalue weighted by atomic mass is 35.7. The van der Waals surface area contributed by atoms with Gasteiger partial charge in [-0.25, -0.2) is 21.2 Å². The van der Waals surface area contributed by atoms with Gasteiger partial charge in [-0.15, -0.1) is 0 Å². The van der Waals surface area contributed by atoms with Gasteiger partial charge in [0.2, 0.25) is 0 Å². The number of benzene rings is 2. The Morgan fingerprint density at radius 1 is 0.808 bits per heavy atom. The van der Waals surface area contributed by atoms with Gasteiger partial charge >= 0.3 is 6.18 Å².